The average molecular weight is 361 g/mol. The third kappa shape index (κ3) is 3.66. The van der Waals surface area contributed by atoms with E-state index in [1.54, 1.807) is 11.8 Å². The van der Waals surface area contributed by atoms with Crippen LogP contribution in [0.5, 0.6) is 0 Å². The summed E-state index contributed by atoms with van der Waals surface area (Å²) in [6, 6.07) is -0.258. The second kappa shape index (κ2) is 7.26. The topological polar surface area (TPSA) is 107 Å². The van der Waals surface area contributed by atoms with Crippen molar-refractivity contribution in [2.45, 2.75) is 32.6 Å². The van der Waals surface area contributed by atoms with E-state index in [2.05, 4.69) is 5.32 Å². The molecule has 0 aromatic carbocycles. The summed E-state index contributed by atoms with van der Waals surface area (Å²) in [4.78, 5) is 25.4. The Morgan fingerprint density at radius 3 is 2.71 bits per heavy atom. The van der Waals surface area contributed by atoms with E-state index in [0.717, 1.165) is 12.8 Å². The molecule has 0 bridgehead atoms. The van der Waals surface area contributed by atoms with Crippen LogP contribution in [0.2, 0.25) is 0 Å². The van der Waals surface area contributed by atoms with Crippen LogP contribution in [0.15, 0.2) is 0 Å². The SMILES string of the molecule is CCS(=O)(=O)N(C)CCCNC(=O)N1C[C@@H]2CCC[C@@]2(C(=O)O)C1. The fraction of sp³-hybridized carbons (Fsp3) is 0.867. The van der Waals surface area contributed by atoms with E-state index in [4.69, 9.17) is 0 Å². The molecule has 2 fully saturated rings. The molecule has 2 amide bonds. The lowest BCUT2D eigenvalue weighted by atomic mass is 9.81. The lowest BCUT2D eigenvalue weighted by Crippen LogP contribution is -2.42. The van der Waals surface area contributed by atoms with Crippen molar-refractivity contribution in [2.24, 2.45) is 11.3 Å². The monoisotopic (exact) mass is 361 g/mol. The molecular weight excluding hydrogens is 334 g/mol. The van der Waals surface area contributed by atoms with E-state index in [0.29, 0.717) is 32.5 Å². The number of fused-ring (bicyclic) bond motifs is 1. The molecule has 0 aromatic heterocycles. The molecule has 9 heteroatoms. The summed E-state index contributed by atoms with van der Waals surface area (Å²) in [5, 5.41) is 12.3. The van der Waals surface area contributed by atoms with Crippen molar-refractivity contribution in [1.82, 2.24) is 14.5 Å². The lowest BCUT2D eigenvalue weighted by Gasteiger charge is -2.23. The highest BCUT2D eigenvalue weighted by molar-refractivity contribution is 7.89. The molecule has 1 saturated heterocycles. The van der Waals surface area contributed by atoms with E-state index in [1.165, 1.54) is 11.4 Å². The molecule has 1 heterocycles. The van der Waals surface area contributed by atoms with Gasteiger partial charge in [-0.2, -0.15) is 0 Å². The maximum Gasteiger partial charge on any atom is 0.317 e. The number of nitrogens with one attached hydrogen (secondary N) is 1. The van der Waals surface area contributed by atoms with Gasteiger partial charge >= 0.3 is 12.0 Å². The number of urea groups is 1. The number of hydrogen-bond donors (Lipinski definition) is 2. The van der Waals surface area contributed by atoms with Gasteiger partial charge in [0.05, 0.1) is 11.2 Å². The zero-order valence-corrected chi connectivity index (χ0v) is 15.1. The number of amides is 2. The Bertz CT molecular complexity index is 594. The van der Waals surface area contributed by atoms with Crippen LogP contribution >= 0.6 is 0 Å². The molecule has 0 unspecified atom stereocenters. The fourth-order valence-corrected chi connectivity index (χ4v) is 4.61. The predicted molar refractivity (Wildman–Crippen MR) is 89.1 cm³/mol. The number of carboxylic acids is 1. The molecule has 1 aliphatic heterocycles. The van der Waals surface area contributed by atoms with Crippen molar-refractivity contribution >= 4 is 22.0 Å². The summed E-state index contributed by atoms with van der Waals surface area (Å²) in [7, 11) is -1.67. The number of sulfonamides is 1. The van der Waals surface area contributed by atoms with Crippen LogP contribution in [0.1, 0.15) is 32.6 Å². The first-order valence-electron chi connectivity index (χ1n) is 8.43. The van der Waals surface area contributed by atoms with Crippen LogP contribution in [0.25, 0.3) is 0 Å². The smallest absolute Gasteiger partial charge is 0.317 e. The van der Waals surface area contributed by atoms with Crippen molar-refractivity contribution in [3.8, 4) is 0 Å². The van der Waals surface area contributed by atoms with Crippen LogP contribution in [0.3, 0.4) is 0 Å². The molecule has 1 aliphatic carbocycles. The molecule has 2 N–H and O–H groups in total. The van der Waals surface area contributed by atoms with Crippen molar-refractivity contribution in [3.05, 3.63) is 0 Å². The average Bonchev–Trinajstić information content (AvgIpc) is 3.09. The number of carbonyl (C=O) groups excluding carboxylic acids is 1. The summed E-state index contributed by atoms with van der Waals surface area (Å²) < 4.78 is 24.5. The highest BCUT2D eigenvalue weighted by Crippen LogP contribution is 2.48. The Morgan fingerprint density at radius 1 is 1.42 bits per heavy atom. The van der Waals surface area contributed by atoms with Crippen molar-refractivity contribution in [1.29, 1.82) is 0 Å². The van der Waals surface area contributed by atoms with Gasteiger partial charge in [0.2, 0.25) is 10.0 Å². The van der Waals surface area contributed by atoms with Gasteiger partial charge in [-0.05, 0) is 32.1 Å². The minimum Gasteiger partial charge on any atom is -0.481 e. The molecule has 1 saturated carbocycles. The number of nitrogens with zero attached hydrogens (tertiary/aromatic N) is 2. The summed E-state index contributed by atoms with van der Waals surface area (Å²) in [5.74, 6) is -0.698. The number of aliphatic carboxylic acids is 1. The van der Waals surface area contributed by atoms with Crippen LogP contribution in [-0.2, 0) is 14.8 Å². The first-order chi connectivity index (χ1) is 11.2. The largest absolute Gasteiger partial charge is 0.481 e. The molecule has 2 aliphatic rings. The van der Waals surface area contributed by atoms with Gasteiger partial charge in [0, 0.05) is 33.2 Å². The van der Waals surface area contributed by atoms with Gasteiger partial charge in [-0.1, -0.05) is 6.42 Å². The normalized spacial score (nSPS) is 26.6. The second-order valence-electron chi connectivity index (χ2n) is 6.74. The lowest BCUT2D eigenvalue weighted by molar-refractivity contribution is -0.149. The number of carbonyl (C=O) groups is 2. The third-order valence-electron chi connectivity index (χ3n) is 5.35. The molecule has 0 radical (unpaired) electrons. The Labute approximate surface area is 143 Å². The first kappa shape index (κ1) is 19.0. The number of likely N-dealkylation sites (tertiary alicyclic amines) is 1. The van der Waals surface area contributed by atoms with E-state index in [1.807, 2.05) is 0 Å². The van der Waals surface area contributed by atoms with Gasteiger partial charge in [0.1, 0.15) is 0 Å². The Balaban J connectivity index is 1.77. The Kier molecular flexibility index (Phi) is 5.74. The zero-order chi connectivity index (χ0) is 18.0. The van der Waals surface area contributed by atoms with Gasteiger partial charge in [-0.25, -0.2) is 17.5 Å². The minimum atomic E-state index is -3.20. The van der Waals surface area contributed by atoms with Crippen molar-refractivity contribution in [2.75, 3.05) is 39.0 Å². The fourth-order valence-electron chi connectivity index (χ4n) is 3.76. The van der Waals surface area contributed by atoms with Gasteiger partial charge in [-0.3, -0.25) is 4.79 Å². The summed E-state index contributed by atoms with van der Waals surface area (Å²) in [6.45, 7) is 3.06. The standard InChI is InChI=1S/C15H27N3O5S/c1-3-24(22,23)17(2)9-5-8-16-14(21)18-10-12-6-4-7-15(12,11-18)13(19)20/h12H,3-11H2,1-2H3,(H,16,21)(H,19,20)/t12-,15+/m0/s1. The Morgan fingerprint density at radius 2 is 2.12 bits per heavy atom. The first-order valence-corrected chi connectivity index (χ1v) is 10.0. The molecule has 0 spiro atoms. The molecule has 2 rings (SSSR count). The Hall–Kier alpha value is -1.35. The second-order valence-corrected chi connectivity index (χ2v) is 9.10. The third-order valence-corrected chi connectivity index (χ3v) is 7.21. The van der Waals surface area contributed by atoms with Gasteiger partial charge in [0.25, 0.3) is 0 Å². The van der Waals surface area contributed by atoms with Crippen LogP contribution < -0.4 is 5.32 Å². The van der Waals surface area contributed by atoms with E-state index < -0.39 is 21.4 Å². The van der Waals surface area contributed by atoms with Gasteiger partial charge < -0.3 is 15.3 Å². The maximum absolute atomic E-state index is 12.2. The highest BCUT2D eigenvalue weighted by Gasteiger charge is 2.55. The number of rotatable bonds is 7. The summed E-state index contributed by atoms with van der Waals surface area (Å²) in [6.07, 6.45) is 2.92. The van der Waals surface area contributed by atoms with Crippen LogP contribution in [-0.4, -0.2) is 73.7 Å². The molecule has 24 heavy (non-hydrogen) atoms. The highest BCUT2D eigenvalue weighted by atomic mass is 32.2. The number of carboxylic acid groups (broad SMARTS) is 1. The van der Waals surface area contributed by atoms with E-state index in [9.17, 15) is 23.1 Å². The molecular formula is C15H27N3O5S. The molecule has 138 valence electrons. The quantitative estimate of drug-likeness (QED) is 0.644. The van der Waals surface area contributed by atoms with E-state index >= 15 is 0 Å². The van der Waals surface area contributed by atoms with Crippen molar-refractivity contribution < 1.29 is 23.1 Å². The number of hydrogen-bond acceptors (Lipinski definition) is 4. The molecule has 0 aromatic rings. The molecule has 8 nitrogen and oxygen atoms in total. The summed E-state index contributed by atoms with van der Waals surface area (Å²) in [5.41, 5.74) is -0.771. The van der Waals surface area contributed by atoms with Gasteiger partial charge in [-0.15, -0.1) is 0 Å². The summed E-state index contributed by atoms with van der Waals surface area (Å²) >= 11 is 0. The zero-order valence-electron chi connectivity index (χ0n) is 14.3. The van der Waals surface area contributed by atoms with Gasteiger partial charge in [0.15, 0.2) is 0 Å². The molecule has 2 atom stereocenters. The predicted octanol–water partition coefficient (Wildman–Crippen LogP) is 0.554. The van der Waals surface area contributed by atoms with E-state index in [-0.39, 0.29) is 24.2 Å². The minimum absolute atomic E-state index is 0.0431. The van der Waals surface area contributed by atoms with Crippen LogP contribution in [0.4, 0.5) is 4.79 Å². The van der Waals surface area contributed by atoms with Crippen molar-refractivity contribution in [3.63, 3.8) is 0 Å². The maximum atomic E-state index is 12.2. The van der Waals surface area contributed by atoms with Crippen LogP contribution in [0, 0.1) is 11.3 Å².